The predicted molar refractivity (Wildman–Crippen MR) is 85.5 cm³/mol. The number of anilines is 3. The topological polar surface area (TPSA) is 72.4 Å². The first kappa shape index (κ1) is 16.1. The molecule has 1 N–H and O–H groups in total. The van der Waals surface area contributed by atoms with E-state index in [1.165, 1.54) is 6.07 Å². The third-order valence-corrected chi connectivity index (χ3v) is 4.39. The Morgan fingerprint density at radius 1 is 1.12 bits per heavy atom. The van der Waals surface area contributed by atoms with E-state index in [1.54, 1.807) is 6.20 Å². The minimum Gasteiger partial charge on any atom is -0.355 e. The molecule has 1 spiro atoms. The maximum atomic E-state index is 13.7. The van der Waals surface area contributed by atoms with Gasteiger partial charge in [-0.25, -0.2) is 8.78 Å². The minimum absolute atomic E-state index is 0.0886. The van der Waals surface area contributed by atoms with Gasteiger partial charge in [0.15, 0.2) is 11.6 Å². The van der Waals surface area contributed by atoms with Gasteiger partial charge in [-0.15, -0.1) is 5.10 Å². The summed E-state index contributed by atoms with van der Waals surface area (Å²) in [5, 5.41) is 10.5. The van der Waals surface area contributed by atoms with Crippen LogP contribution in [0.1, 0.15) is 12.8 Å². The fourth-order valence-corrected chi connectivity index (χ4v) is 3.07. The van der Waals surface area contributed by atoms with E-state index in [4.69, 9.17) is 9.47 Å². The number of aromatic nitrogens is 3. The van der Waals surface area contributed by atoms with Gasteiger partial charge in [-0.3, -0.25) is 0 Å². The summed E-state index contributed by atoms with van der Waals surface area (Å²) in [4.78, 5) is 6.42. The van der Waals surface area contributed by atoms with Gasteiger partial charge in [0, 0.05) is 32.0 Å². The zero-order valence-corrected chi connectivity index (χ0v) is 13.4. The average Bonchev–Trinajstić information content (AvgIpc) is 3.06. The van der Waals surface area contributed by atoms with Gasteiger partial charge in [-0.2, -0.15) is 10.1 Å². The molecule has 0 saturated carbocycles. The summed E-state index contributed by atoms with van der Waals surface area (Å²) in [6.45, 7) is 2.69. The second kappa shape index (κ2) is 6.49. The van der Waals surface area contributed by atoms with Crippen molar-refractivity contribution in [1.82, 2.24) is 15.2 Å². The van der Waals surface area contributed by atoms with Crippen molar-refractivity contribution >= 4 is 17.5 Å². The van der Waals surface area contributed by atoms with Crippen molar-refractivity contribution in [2.45, 2.75) is 18.6 Å². The maximum Gasteiger partial charge on any atom is 0.249 e. The van der Waals surface area contributed by atoms with Crippen molar-refractivity contribution in [1.29, 1.82) is 0 Å². The van der Waals surface area contributed by atoms with Crippen LogP contribution in [0, 0.1) is 11.6 Å². The van der Waals surface area contributed by atoms with Gasteiger partial charge in [0.05, 0.1) is 25.1 Å². The number of piperidine rings is 1. The number of hydrogen-bond donors (Lipinski definition) is 1. The van der Waals surface area contributed by atoms with Crippen LogP contribution in [-0.2, 0) is 9.47 Å². The van der Waals surface area contributed by atoms with Gasteiger partial charge in [-0.05, 0) is 12.1 Å². The van der Waals surface area contributed by atoms with Crippen molar-refractivity contribution in [3.05, 3.63) is 36.0 Å². The standard InChI is InChI=1S/C16H17F2N5O2/c17-11-1-2-13(12(18)9-11)20-15-21-14(10-19-22-15)23-5-3-16(4-6-23)24-7-8-25-16/h1-2,9-10H,3-8H2,(H,20,21,22). The molecule has 2 aliphatic rings. The average molecular weight is 349 g/mol. The lowest BCUT2D eigenvalue weighted by Gasteiger charge is -2.37. The molecule has 0 unspecified atom stereocenters. The van der Waals surface area contributed by atoms with E-state index in [9.17, 15) is 8.78 Å². The number of nitrogens with zero attached hydrogens (tertiary/aromatic N) is 4. The molecular weight excluding hydrogens is 332 g/mol. The molecule has 25 heavy (non-hydrogen) atoms. The Bertz CT molecular complexity index is 760. The van der Waals surface area contributed by atoms with Crippen LogP contribution in [0.15, 0.2) is 24.4 Å². The third-order valence-electron chi connectivity index (χ3n) is 4.39. The van der Waals surface area contributed by atoms with Crippen LogP contribution in [-0.4, -0.2) is 47.3 Å². The van der Waals surface area contributed by atoms with Crippen LogP contribution in [0.2, 0.25) is 0 Å². The predicted octanol–water partition coefficient (Wildman–Crippen LogP) is 2.24. The molecule has 0 amide bonds. The maximum absolute atomic E-state index is 13.7. The van der Waals surface area contributed by atoms with Crippen molar-refractivity contribution in [3.8, 4) is 0 Å². The largest absolute Gasteiger partial charge is 0.355 e. The molecule has 0 bridgehead atoms. The van der Waals surface area contributed by atoms with Crippen molar-refractivity contribution < 1.29 is 18.3 Å². The minimum atomic E-state index is -0.718. The molecule has 1 aromatic carbocycles. The van der Waals surface area contributed by atoms with Crippen molar-refractivity contribution in [3.63, 3.8) is 0 Å². The molecule has 0 atom stereocenters. The Hall–Kier alpha value is -2.39. The molecule has 2 aromatic rings. The SMILES string of the molecule is Fc1ccc(Nc2nncc(N3CCC4(CC3)OCCO4)n2)c(F)c1. The number of nitrogens with one attached hydrogen (secondary N) is 1. The molecule has 2 aliphatic heterocycles. The van der Waals surface area contributed by atoms with Gasteiger partial charge < -0.3 is 19.7 Å². The normalized spacial score (nSPS) is 19.4. The molecule has 132 valence electrons. The van der Waals surface area contributed by atoms with Crippen LogP contribution in [0.5, 0.6) is 0 Å². The first-order chi connectivity index (χ1) is 12.1. The van der Waals surface area contributed by atoms with Gasteiger partial charge >= 0.3 is 0 Å². The lowest BCUT2D eigenvalue weighted by molar-refractivity contribution is -0.169. The van der Waals surface area contributed by atoms with E-state index in [0.717, 1.165) is 25.0 Å². The van der Waals surface area contributed by atoms with Gasteiger partial charge in [0.2, 0.25) is 5.95 Å². The summed E-state index contributed by atoms with van der Waals surface area (Å²) >= 11 is 0. The second-order valence-corrected chi connectivity index (χ2v) is 5.98. The Morgan fingerprint density at radius 2 is 1.88 bits per heavy atom. The molecule has 4 rings (SSSR count). The summed E-state index contributed by atoms with van der Waals surface area (Å²) in [7, 11) is 0. The fourth-order valence-electron chi connectivity index (χ4n) is 3.07. The van der Waals surface area contributed by atoms with E-state index >= 15 is 0 Å². The molecule has 0 aliphatic carbocycles. The number of ether oxygens (including phenoxy) is 2. The molecule has 7 nitrogen and oxygen atoms in total. The van der Waals surface area contributed by atoms with Crippen LogP contribution >= 0.6 is 0 Å². The summed E-state index contributed by atoms with van der Waals surface area (Å²) < 4.78 is 38.1. The van der Waals surface area contributed by atoms with Crippen molar-refractivity contribution in [2.75, 3.05) is 36.5 Å². The van der Waals surface area contributed by atoms with Gasteiger partial charge in [0.1, 0.15) is 11.6 Å². The molecule has 2 fully saturated rings. The zero-order valence-electron chi connectivity index (χ0n) is 13.4. The summed E-state index contributed by atoms with van der Waals surface area (Å²) in [5.41, 5.74) is 0.0886. The second-order valence-electron chi connectivity index (χ2n) is 5.98. The van der Waals surface area contributed by atoms with E-state index in [-0.39, 0.29) is 11.6 Å². The number of hydrogen-bond acceptors (Lipinski definition) is 7. The Labute approximate surface area is 143 Å². The van der Waals surface area contributed by atoms with Crippen LogP contribution in [0.25, 0.3) is 0 Å². The van der Waals surface area contributed by atoms with E-state index in [2.05, 4.69) is 25.4 Å². The first-order valence-electron chi connectivity index (χ1n) is 8.08. The number of halogens is 2. The van der Waals surface area contributed by atoms with Crippen LogP contribution in [0.3, 0.4) is 0 Å². The number of benzene rings is 1. The van der Waals surface area contributed by atoms with E-state index < -0.39 is 17.4 Å². The zero-order chi connectivity index (χ0) is 17.3. The highest BCUT2D eigenvalue weighted by molar-refractivity contribution is 5.55. The van der Waals surface area contributed by atoms with Gasteiger partial charge in [0.25, 0.3) is 0 Å². The van der Waals surface area contributed by atoms with E-state index in [1.807, 2.05) is 0 Å². The fraction of sp³-hybridized carbons (Fsp3) is 0.438. The summed E-state index contributed by atoms with van der Waals surface area (Å²) in [6, 6.07) is 3.25. The quantitative estimate of drug-likeness (QED) is 0.911. The highest BCUT2D eigenvalue weighted by Crippen LogP contribution is 2.32. The molecule has 1 aromatic heterocycles. The first-order valence-corrected chi connectivity index (χ1v) is 8.08. The molecule has 3 heterocycles. The molecule has 2 saturated heterocycles. The molecular formula is C16H17F2N5O2. The van der Waals surface area contributed by atoms with Crippen LogP contribution in [0.4, 0.5) is 26.2 Å². The Morgan fingerprint density at radius 3 is 2.60 bits per heavy atom. The Kier molecular flexibility index (Phi) is 4.18. The molecule has 0 radical (unpaired) electrons. The monoisotopic (exact) mass is 349 g/mol. The van der Waals surface area contributed by atoms with Gasteiger partial charge in [-0.1, -0.05) is 0 Å². The van der Waals surface area contributed by atoms with E-state index in [0.29, 0.717) is 32.1 Å². The third kappa shape index (κ3) is 3.38. The van der Waals surface area contributed by atoms with Crippen LogP contribution < -0.4 is 10.2 Å². The number of rotatable bonds is 3. The highest BCUT2D eigenvalue weighted by Gasteiger charge is 2.40. The smallest absolute Gasteiger partial charge is 0.249 e. The lowest BCUT2D eigenvalue weighted by atomic mass is 10.0. The lowest BCUT2D eigenvalue weighted by Crippen LogP contribution is -2.45. The molecule has 9 heteroatoms. The summed E-state index contributed by atoms with van der Waals surface area (Å²) in [5.74, 6) is -1.04. The Balaban J connectivity index is 1.46. The highest BCUT2D eigenvalue weighted by atomic mass is 19.1. The summed E-state index contributed by atoms with van der Waals surface area (Å²) in [6.07, 6.45) is 3.04. The van der Waals surface area contributed by atoms with Crippen molar-refractivity contribution in [2.24, 2.45) is 0 Å².